The number of aromatic nitrogens is 2. The lowest BCUT2D eigenvalue weighted by molar-refractivity contribution is 0.627. The van der Waals surface area contributed by atoms with Crippen LogP contribution in [0, 0.1) is 5.82 Å². The Bertz CT molecular complexity index is 536. The lowest BCUT2D eigenvalue weighted by atomic mass is 10.2. The van der Waals surface area contributed by atoms with Crippen molar-refractivity contribution in [2.24, 2.45) is 0 Å². The van der Waals surface area contributed by atoms with Gasteiger partial charge in [0.05, 0.1) is 0 Å². The van der Waals surface area contributed by atoms with Crippen molar-refractivity contribution in [1.82, 2.24) is 9.97 Å². The predicted octanol–water partition coefficient (Wildman–Crippen LogP) is 3.14. The van der Waals surface area contributed by atoms with E-state index in [4.69, 9.17) is 17.3 Å². The normalized spacial score (nSPS) is 10.5. The molecule has 1 heterocycles. The number of nitrogen functional groups attached to an aromatic ring is 1. The molecule has 6 heteroatoms. The van der Waals surface area contributed by atoms with Crippen molar-refractivity contribution in [3.05, 3.63) is 47.0 Å². The van der Waals surface area contributed by atoms with E-state index in [1.165, 1.54) is 30.1 Å². The minimum atomic E-state index is -0.345. The monoisotopic (exact) mass is 269 g/mol. The second-order valence-electron chi connectivity index (χ2n) is 3.27. The molecule has 1 aromatic carbocycles. The van der Waals surface area contributed by atoms with Crippen LogP contribution in [0.1, 0.15) is 5.56 Å². The van der Waals surface area contributed by atoms with E-state index in [0.29, 0.717) is 21.6 Å². The van der Waals surface area contributed by atoms with Gasteiger partial charge in [0.25, 0.3) is 0 Å². The van der Waals surface area contributed by atoms with Gasteiger partial charge in [0.15, 0.2) is 5.82 Å². The molecule has 0 spiro atoms. The van der Waals surface area contributed by atoms with Crippen LogP contribution in [0.2, 0.25) is 5.02 Å². The first-order chi connectivity index (χ1) is 8.16. The second-order valence-corrected chi connectivity index (χ2v) is 4.64. The molecule has 88 valence electrons. The fourth-order valence-electron chi connectivity index (χ4n) is 1.23. The van der Waals surface area contributed by atoms with E-state index >= 15 is 0 Å². The van der Waals surface area contributed by atoms with Gasteiger partial charge in [-0.15, -0.1) is 0 Å². The number of hydrogen-bond acceptors (Lipinski definition) is 4. The quantitative estimate of drug-likeness (QED) is 0.870. The van der Waals surface area contributed by atoms with Crippen LogP contribution in [0.4, 0.5) is 10.2 Å². The zero-order chi connectivity index (χ0) is 12.3. The summed E-state index contributed by atoms with van der Waals surface area (Å²) in [7, 11) is 0. The Hall–Kier alpha value is -1.33. The third kappa shape index (κ3) is 3.08. The molecular formula is C11H9ClFN3S. The topological polar surface area (TPSA) is 51.8 Å². The SMILES string of the molecule is Nc1nccnc1SCc1ccc(F)cc1Cl. The van der Waals surface area contributed by atoms with Crippen LogP contribution in [-0.2, 0) is 5.75 Å². The first kappa shape index (κ1) is 12.1. The molecular weight excluding hydrogens is 261 g/mol. The molecule has 0 bridgehead atoms. The first-order valence-electron chi connectivity index (χ1n) is 4.80. The van der Waals surface area contributed by atoms with Gasteiger partial charge >= 0.3 is 0 Å². The average molecular weight is 270 g/mol. The standard InChI is InChI=1S/C11H9ClFN3S/c12-9-5-8(13)2-1-7(9)6-17-11-10(14)15-3-4-16-11/h1-5H,6H2,(H2,14,15). The zero-order valence-corrected chi connectivity index (χ0v) is 10.3. The molecule has 0 radical (unpaired) electrons. The van der Waals surface area contributed by atoms with Gasteiger partial charge in [0.2, 0.25) is 0 Å². The molecule has 0 saturated heterocycles. The minimum Gasteiger partial charge on any atom is -0.381 e. The van der Waals surface area contributed by atoms with Crippen molar-refractivity contribution in [1.29, 1.82) is 0 Å². The van der Waals surface area contributed by atoms with Crippen LogP contribution in [0.3, 0.4) is 0 Å². The molecule has 0 amide bonds. The maximum Gasteiger partial charge on any atom is 0.156 e. The van der Waals surface area contributed by atoms with Gasteiger partial charge in [-0.1, -0.05) is 29.4 Å². The molecule has 2 N–H and O–H groups in total. The minimum absolute atomic E-state index is 0.345. The Morgan fingerprint density at radius 3 is 2.76 bits per heavy atom. The molecule has 0 unspecified atom stereocenters. The maximum atomic E-state index is 12.8. The summed E-state index contributed by atoms with van der Waals surface area (Å²) in [5, 5.41) is 1.05. The maximum absolute atomic E-state index is 12.8. The summed E-state index contributed by atoms with van der Waals surface area (Å²) in [5.74, 6) is 0.612. The molecule has 2 aromatic rings. The van der Waals surface area contributed by atoms with E-state index in [2.05, 4.69) is 9.97 Å². The van der Waals surface area contributed by atoms with Gasteiger partial charge < -0.3 is 5.73 Å². The lowest BCUT2D eigenvalue weighted by Gasteiger charge is -2.05. The van der Waals surface area contributed by atoms with Gasteiger partial charge in [-0.25, -0.2) is 14.4 Å². The molecule has 0 saturated carbocycles. The van der Waals surface area contributed by atoms with Crippen LogP contribution < -0.4 is 5.73 Å². The van der Waals surface area contributed by atoms with Crippen molar-refractivity contribution in [3.8, 4) is 0 Å². The van der Waals surface area contributed by atoms with Gasteiger partial charge in [-0.05, 0) is 17.7 Å². The molecule has 0 atom stereocenters. The number of thioether (sulfide) groups is 1. The number of halogens is 2. The molecule has 0 aliphatic heterocycles. The van der Waals surface area contributed by atoms with E-state index in [9.17, 15) is 4.39 Å². The lowest BCUT2D eigenvalue weighted by Crippen LogP contribution is -1.95. The van der Waals surface area contributed by atoms with Gasteiger partial charge in [-0.2, -0.15) is 0 Å². The summed E-state index contributed by atoms with van der Waals surface area (Å²) in [6, 6.07) is 4.32. The Kier molecular flexibility index (Phi) is 3.81. The third-order valence-corrected chi connectivity index (χ3v) is 3.47. The highest BCUT2D eigenvalue weighted by Gasteiger charge is 2.06. The number of rotatable bonds is 3. The van der Waals surface area contributed by atoms with Crippen LogP contribution >= 0.6 is 23.4 Å². The summed E-state index contributed by atoms with van der Waals surface area (Å²) in [4.78, 5) is 8.03. The smallest absolute Gasteiger partial charge is 0.156 e. The van der Waals surface area contributed by atoms with E-state index in [0.717, 1.165) is 5.56 Å². The highest BCUT2D eigenvalue weighted by atomic mass is 35.5. The Morgan fingerprint density at radius 1 is 1.29 bits per heavy atom. The fraction of sp³-hybridized carbons (Fsp3) is 0.0909. The van der Waals surface area contributed by atoms with Crippen LogP contribution in [0.15, 0.2) is 35.6 Å². The zero-order valence-electron chi connectivity index (χ0n) is 8.73. The number of nitrogens with two attached hydrogens (primary N) is 1. The highest BCUT2D eigenvalue weighted by Crippen LogP contribution is 2.27. The van der Waals surface area contributed by atoms with E-state index in [1.54, 1.807) is 12.3 Å². The van der Waals surface area contributed by atoms with Gasteiger partial charge in [0.1, 0.15) is 10.8 Å². The number of hydrogen-bond donors (Lipinski definition) is 1. The van der Waals surface area contributed by atoms with Crippen molar-refractivity contribution in [2.75, 3.05) is 5.73 Å². The molecule has 0 fully saturated rings. The number of benzene rings is 1. The number of nitrogens with zero attached hydrogens (tertiary/aromatic N) is 2. The third-order valence-electron chi connectivity index (χ3n) is 2.07. The van der Waals surface area contributed by atoms with E-state index in [-0.39, 0.29) is 5.82 Å². The summed E-state index contributed by atoms with van der Waals surface area (Å²) < 4.78 is 12.8. The molecule has 17 heavy (non-hydrogen) atoms. The van der Waals surface area contributed by atoms with Crippen LogP contribution in [0.5, 0.6) is 0 Å². The van der Waals surface area contributed by atoms with E-state index < -0.39 is 0 Å². The molecule has 2 rings (SSSR count). The summed E-state index contributed by atoms with van der Waals surface area (Å²) in [6.45, 7) is 0. The molecule has 0 aliphatic carbocycles. The molecule has 1 aromatic heterocycles. The molecule has 0 aliphatic rings. The van der Waals surface area contributed by atoms with Gasteiger partial charge in [-0.3, -0.25) is 0 Å². The van der Waals surface area contributed by atoms with E-state index in [1.807, 2.05) is 0 Å². The first-order valence-corrected chi connectivity index (χ1v) is 6.16. The Labute approximate surface area is 107 Å². The Balaban J connectivity index is 2.10. The Morgan fingerprint density at radius 2 is 2.06 bits per heavy atom. The van der Waals surface area contributed by atoms with Crippen LogP contribution in [0.25, 0.3) is 0 Å². The fourth-order valence-corrected chi connectivity index (χ4v) is 2.43. The average Bonchev–Trinajstić information content (AvgIpc) is 2.30. The van der Waals surface area contributed by atoms with Crippen molar-refractivity contribution in [3.63, 3.8) is 0 Å². The van der Waals surface area contributed by atoms with Crippen molar-refractivity contribution < 1.29 is 4.39 Å². The highest BCUT2D eigenvalue weighted by molar-refractivity contribution is 7.98. The van der Waals surface area contributed by atoms with Gasteiger partial charge in [0, 0.05) is 23.2 Å². The second kappa shape index (κ2) is 5.33. The largest absolute Gasteiger partial charge is 0.381 e. The summed E-state index contributed by atoms with van der Waals surface area (Å²) in [6.07, 6.45) is 3.11. The predicted molar refractivity (Wildman–Crippen MR) is 67.4 cm³/mol. The van der Waals surface area contributed by atoms with Crippen LogP contribution in [-0.4, -0.2) is 9.97 Å². The summed E-state index contributed by atoms with van der Waals surface area (Å²) >= 11 is 7.33. The van der Waals surface area contributed by atoms with Crippen molar-refractivity contribution >= 4 is 29.2 Å². The number of anilines is 1. The molecule has 3 nitrogen and oxygen atoms in total. The summed E-state index contributed by atoms with van der Waals surface area (Å²) in [5.41, 5.74) is 6.50. The van der Waals surface area contributed by atoms with Crippen molar-refractivity contribution in [2.45, 2.75) is 10.8 Å².